The summed E-state index contributed by atoms with van der Waals surface area (Å²) in [6.07, 6.45) is 1.55. The molecule has 2 aliphatic rings. The minimum atomic E-state index is -1.28. The smallest absolute Gasteiger partial charge is 0.410 e. The van der Waals surface area contributed by atoms with Crippen molar-refractivity contribution < 1.29 is 57.6 Å². The lowest BCUT2D eigenvalue weighted by Gasteiger charge is -2.37. The van der Waals surface area contributed by atoms with Gasteiger partial charge in [0.05, 0.1) is 12.2 Å². The Labute approximate surface area is 482 Å². The Morgan fingerprint density at radius 2 is 1.41 bits per heavy atom. The van der Waals surface area contributed by atoms with Crippen LogP contribution in [0.15, 0.2) is 134 Å². The number of nitrogens with one attached hydrogen (secondary N) is 3. The van der Waals surface area contributed by atoms with Crippen LogP contribution in [0.2, 0.25) is 0 Å². The van der Waals surface area contributed by atoms with E-state index in [-0.39, 0.29) is 51.5 Å². The fourth-order valence-corrected chi connectivity index (χ4v) is 10.2. The van der Waals surface area contributed by atoms with Gasteiger partial charge in [0.15, 0.2) is 0 Å². The lowest BCUT2D eigenvalue weighted by atomic mass is 9.85. The van der Waals surface area contributed by atoms with E-state index in [1.165, 1.54) is 24.9 Å². The summed E-state index contributed by atoms with van der Waals surface area (Å²) in [7, 11) is 1.43. The summed E-state index contributed by atoms with van der Waals surface area (Å²) in [5.41, 5.74) is 4.23. The van der Waals surface area contributed by atoms with E-state index in [0.717, 1.165) is 43.5 Å². The third-order valence-corrected chi connectivity index (χ3v) is 14.7. The van der Waals surface area contributed by atoms with E-state index in [1.807, 2.05) is 91.0 Å². The van der Waals surface area contributed by atoms with Gasteiger partial charge in [0, 0.05) is 38.8 Å². The summed E-state index contributed by atoms with van der Waals surface area (Å²) in [6, 6.07) is 29.5. The molecule has 6 aromatic rings. The summed E-state index contributed by atoms with van der Waals surface area (Å²) in [6.45, 7) is 15.4. The first-order chi connectivity index (χ1) is 39.5. The lowest BCUT2D eigenvalue weighted by Crippen LogP contribution is -2.60. The Hall–Kier alpha value is -9.07. The number of carboxylic acid groups (broad SMARTS) is 1. The monoisotopic (exact) mass is 1130 g/mol. The molecule has 83 heavy (non-hydrogen) atoms. The normalized spacial score (nSPS) is 16.3. The number of hydrogen-bond acceptors (Lipinski definition) is 13. The van der Waals surface area contributed by atoms with Crippen LogP contribution in [-0.4, -0.2) is 134 Å². The number of ether oxygens (including phenoxy) is 4. The Morgan fingerprint density at radius 3 is 2.05 bits per heavy atom. The van der Waals surface area contributed by atoms with Crippen molar-refractivity contribution in [2.45, 2.75) is 122 Å². The van der Waals surface area contributed by atoms with E-state index in [1.54, 1.807) is 76.7 Å². The van der Waals surface area contributed by atoms with E-state index >= 15 is 4.79 Å². The average molecular weight is 1130 g/mol. The predicted molar refractivity (Wildman–Crippen MR) is 309 cm³/mol. The molecule has 1 aliphatic carbocycles. The zero-order valence-corrected chi connectivity index (χ0v) is 48.0. The van der Waals surface area contributed by atoms with Crippen LogP contribution in [0.1, 0.15) is 94.8 Å². The lowest BCUT2D eigenvalue weighted by molar-refractivity contribution is -0.148. The van der Waals surface area contributed by atoms with Crippen LogP contribution < -0.4 is 20.7 Å². The number of carbonyl (C=O) groups excluding carboxylic acids is 6. The number of hydrogen-bond donors (Lipinski definition) is 4. The van der Waals surface area contributed by atoms with Crippen molar-refractivity contribution >= 4 is 52.6 Å². The maximum absolute atomic E-state index is 15.1. The number of amides is 5. The number of likely N-dealkylation sites (tertiary alicyclic amines) is 1. The van der Waals surface area contributed by atoms with Crippen molar-refractivity contribution in [3.05, 3.63) is 162 Å². The van der Waals surface area contributed by atoms with Crippen LogP contribution in [-0.2, 0) is 57.6 Å². The second kappa shape index (κ2) is 25.8. The third kappa shape index (κ3) is 14.9. The van der Waals surface area contributed by atoms with E-state index in [2.05, 4.69) is 32.8 Å². The number of fused-ring (bicyclic) bond motifs is 4. The number of nitrogens with zero attached hydrogens (tertiary/aromatic N) is 5. The Bertz CT molecular complexity index is 3320. The highest BCUT2D eigenvalue weighted by atomic mass is 16.6. The molecular formula is C63H72N8O12. The number of aliphatic carboxylic acids is 1. The van der Waals surface area contributed by atoms with Crippen molar-refractivity contribution in [2.75, 3.05) is 26.8 Å². The summed E-state index contributed by atoms with van der Waals surface area (Å²) in [4.78, 5) is 98.4. The quantitative estimate of drug-likeness (QED) is 0.0304. The number of likely N-dealkylation sites (N-methyl/N-ethyl adjacent to an activating group) is 1. The number of benzene rings is 5. The van der Waals surface area contributed by atoms with E-state index in [9.17, 15) is 33.9 Å². The van der Waals surface area contributed by atoms with E-state index in [0.29, 0.717) is 17.0 Å². The van der Waals surface area contributed by atoms with Crippen molar-refractivity contribution in [3.8, 4) is 16.9 Å². The van der Waals surface area contributed by atoms with Crippen LogP contribution in [0, 0.1) is 5.41 Å². The molecule has 1 fully saturated rings. The molecule has 0 spiro atoms. The van der Waals surface area contributed by atoms with Gasteiger partial charge in [0.1, 0.15) is 67.1 Å². The topological polar surface area (TPSA) is 250 Å². The van der Waals surface area contributed by atoms with Crippen molar-refractivity contribution in [1.29, 1.82) is 0 Å². The highest BCUT2D eigenvalue weighted by Gasteiger charge is 2.47. The molecule has 436 valence electrons. The van der Waals surface area contributed by atoms with Crippen molar-refractivity contribution in [3.63, 3.8) is 0 Å². The first kappa shape index (κ1) is 60.0. The number of rotatable bonds is 21. The molecule has 0 saturated carbocycles. The van der Waals surface area contributed by atoms with Gasteiger partial charge in [-0.25, -0.2) is 23.9 Å². The van der Waals surface area contributed by atoms with Crippen LogP contribution in [0.3, 0.4) is 0 Å². The molecule has 4 N–H and O–H groups in total. The van der Waals surface area contributed by atoms with Crippen LogP contribution in [0.5, 0.6) is 5.75 Å². The first-order valence-electron chi connectivity index (χ1n) is 27.6. The summed E-state index contributed by atoms with van der Waals surface area (Å²) in [5, 5.41) is 29.0. The van der Waals surface area contributed by atoms with Gasteiger partial charge in [-0.2, -0.15) is 0 Å². The van der Waals surface area contributed by atoms with Crippen molar-refractivity contribution in [1.82, 2.24) is 40.7 Å². The molecule has 6 atom stereocenters. The number of carboxylic acids is 1. The Morgan fingerprint density at radius 1 is 0.783 bits per heavy atom. The molecule has 2 heterocycles. The largest absolute Gasteiger partial charge is 0.487 e. The summed E-state index contributed by atoms with van der Waals surface area (Å²) < 4.78 is 24.2. The van der Waals surface area contributed by atoms with Gasteiger partial charge < -0.3 is 44.9 Å². The molecule has 1 saturated heterocycles. The predicted octanol–water partition coefficient (Wildman–Crippen LogP) is 7.93. The van der Waals surface area contributed by atoms with Gasteiger partial charge in [0.25, 0.3) is 0 Å². The van der Waals surface area contributed by atoms with E-state index < -0.39 is 89.1 Å². The molecule has 0 radical (unpaired) electrons. The number of esters is 1. The van der Waals surface area contributed by atoms with Gasteiger partial charge >= 0.3 is 24.1 Å². The standard InChI is InChI=1S/C63H72N8O12/c1-10-29-80-59(77)52(32-40-23-26-41-17-11-12-18-42(41)30-40)64-56(73)53-33-44(35-70(53)57(74)54(62(3,4)5)66-55(72)38(2)69(9)61(79)83-63(6,7)8)71-34-43(67-68-71)36-81-45-27-24-39(25-28-45)31-51(58(75)76)65-60(78)82-37-50-48-21-15-13-19-46(48)47-20-14-16-22-49(47)50/h10-28,30,34,38,44,50-54H,1,29,31-33,35-37H2,2-9H3,(H,64,73)(H,65,78)(H,66,72)(H,75,76)/t38-,44-,51-,52-,53-,54+/m0/s1. The molecule has 5 amide bonds. The Kier molecular flexibility index (Phi) is 18.7. The number of alkyl carbamates (subject to hydrolysis) is 1. The highest BCUT2D eigenvalue weighted by Crippen LogP contribution is 2.44. The van der Waals surface area contributed by atoms with Crippen LogP contribution in [0.25, 0.3) is 21.9 Å². The molecule has 1 aliphatic heterocycles. The van der Waals surface area contributed by atoms with Gasteiger partial charge in [-0.1, -0.05) is 142 Å². The fraction of sp³-hybridized carbons (Fsp3) is 0.381. The molecule has 1 aromatic heterocycles. The minimum absolute atomic E-state index is 0.0309. The highest BCUT2D eigenvalue weighted by molar-refractivity contribution is 5.96. The summed E-state index contributed by atoms with van der Waals surface area (Å²) >= 11 is 0. The number of carbonyl (C=O) groups is 7. The van der Waals surface area contributed by atoms with Crippen LogP contribution >= 0.6 is 0 Å². The van der Waals surface area contributed by atoms with Crippen LogP contribution in [0.4, 0.5) is 9.59 Å². The van der Waals surface area contributed by atoms with Gasteiger partial charge in [0.2, 0.25) is 17.7 Å². The van der Waals surface area contributed by atoms with Gasteiger partial charge in [-0.05, 0) is 89.4 Å². The Balaban J connectivity index is 0.946. The molecule has 20 heteroatoms. The zero-order chi connectivity index (χ0) is 59.8. The van der Waals surface area contributed by atoms with Crippen molar-refractivity contribution in [2.24, 2.45) is 5.41 Å². The SMILES string of the molecule is C=CCOC(=O)[C@H](Cc1ccc2ccccc2c1)NC(=O)[C@@H]1C[C@H](n2cc(COc3ccc(C[C@H](NC(=O)OCC4c5ccccc5-c5ccccc54)C(=O)O)cc3)nn2)CN1C(=O)[C@@H](NC(=O)[C@H](C)N(C)C(=O)OC(C)(C)C)C(C)(C)C. The van der Waals surface area contributed by atoms with E-state index in [4.69, 9.17) is 18.9 Å². The minimum Gasteiger partial charge on any atom is -0.487 e. The zero-order valence-electron chi connectivity index (χ0n) is 48.0. The van der Waals surface area contributed by atoms with Gasteiger partial charge in [-0.3, -0.25) is 19.3 Å². The maximum atomic E-state index is 15.1. The second-order valence-electron chi connectivity index (χ2n) is 23.0. The average Bonchev–Trinajstić information content (AvgIpc) is 4.43. The molecule has 8 rings (SSSR count). The fourth-order valence-electron chi connectivity index (χ4n) is 10.2. The molecule has 5 aromatic carbocycles. The maximum Gasteiger partial charge on any atom is 0.410 e. The first-order valence-corrected chi connectivity index (χ1v) is 27.6. The number of aromatic nitrogens is 3. The second-order valence-corrected chi connectivity index (χ2v) is 23.0. The molecular weight excluding hydrogens is 1060 g/mol. The molecule has 20 nitrogen and oxygen atoms in total. The summed E-state index contributed by atoms with van der Waals surface area (Å²) in [5.74, 6) is -3.56. The van der Waals surface area contributed by atoms with Gasteiger partial charge in [-0.15, -0.1) is 5.10 Å². The molecule has 0 unspecified atom stereocenters. The third-order valence-electron chi connectivity index (χ3n) is 14.7. The molecule has 0 bridgehead atoms.